The zero-order valence-electron chi connectivity index (χ0n) is 8.28. The minimum atomic E-state index is -0.600. The van der Waals surface area contributed by atoms with Crippen LogP contribution in [0.25, 0.3) is 0 Å². The molecule has 78 valence electrons. The van der Waals surface area contributed by atoms with E-state index in [4.69, 9.17) is 10.8 Å². The van der Waals surface area contributed by atoms with Crippen molar-refractivity contribution in [1.29, 1.82) is 0 Å². The van der Waals surface area contributed by atoms with Crippen molar-refractivity contribution in [2.24, 2.45) is 0 Å². The Morgan fingerprint density at radius 1 is 1.60 bits per heavy atom. The minimum absolute atomic E-state index is 0.153. The van der Waals surface area contributed by atoms with Gasteiger partial charge in [-0.2, -0.15) is 0 Å². The number of aliphatic hydroxyl groups excluding tert-OH is 1. The average molecular weight is 205 g/mol. The monoisotopic (exact) mass is 205 g/mol. The van der Waals surface area contributed by atoms with Gasteiger partial charge in [0.05, 0.1) is 13.7 Å². The molecule has 0 radical (unpaired) electrons. The third-order valence-electron chi connectivity index (χ3n) is 1.81. The molecule has 0 amide bonds. The molecule has 0 spiro atoms. The van der Waals surface area contributed by atoms with Gasteiger partial charge in [-0.05, 0) is 18.2 Å². The van der Waals surface area contributed by atoms with Crippen LogP contribution in [0.1, 0.15) is 11.1 Å². The third-order valence-corrected chi connectivity index (χ3v) is 1.81. The van der Waals surface area contributed by atoms with E-state index in [9.17, 15) is 4.79 Å². The number of carbonyl (C=O) groups excluding carboxylic acids is 1. The standard InChI is InChI=1S/C11H11NO3/c1-15-11(14)5-3-8-2-4-10(12)9(6-8)7-13/h2,4,6,13H,7,12H2,1H3. The predicted molar refractivity (Wildman–Crippen MR) is 55.7 cm³/mol. The zero-order valence-corrected chi connectivity index (χ0v) is 8.28. The number of hydrogen-bond donors (Lipinski definition) is 2. The van der Waals surface area contributed by atoms with Gasteiger partial charge in [-0.25, -0.2) is 4.79 Å². The summed E-state index contributed by atoms with van der Waals surface area (Å²) < 4.78 is 4.37. The molecule has 0 aliphatic carbocycles. The summed E-state index contributed by atoms with van der Waals surface area (Å²) >= 11 is 0. The van der Waals surface area contributed by atoms with Crippen LogP contribution in [0.2, 0.25) is 0 Å². The molecular formula is C11H11NO3. The maximum absolute atomic E-state index is 10.7. The van der Waals surface area contributed by atoms with Gasteiger partial charge in [0.25, 0.3) is 0 Å². The van der Waals surface area contributed by atoms with Crippen molar-refractivity contribution >= 4 is 11.7 Å². The second kappa shape index (κ2) is 5.03. The van der Waals surface area contributed by atoms with E-state index in [1.54, 1.807) is 18.2 Å². The van der Waals surface area contributed by atoms with Crippen LogP contribution in [0.15, 0.2) is 18.2 Å². The molecule has 0 atom stereocenters. The molecule has 1 aromatic carbocycles. The van der Waals surface area contributed by atoms with Crippen molar-refractivity contribution < 1.29 is 14.6 Å². The van der Waals surface area contributed by atoms with Gasteiger partial charge in [-0.3, -0.25) is 0 Å². The molecule has 0 saturated heterocycles. The number of hydrogen-bond acceptors (Lipinski definition) is 4. The topological polar surface area (TPSA) is 72.5 Å². The van der Waals surface area contributed by atoms with Gasteiger partial charge in [-0.15, -0.1) is 0 Å². The van der Waals surface area contributed by atoms with E-state index in [1.165, 1.54) is 7.11 Å². The first-order chi connectivity index (χ1) is 7.17. The average Bonchev–Trinajstić information content (AvgIpc) is 2.27. The lowest BCUT2D eigenvalue weighted by molar-refractivity contribution is -0.133. The van der Waals surface area contributed by atoms with Gasteiger partial charge in [0.2, 0.25) is 0 Å². The van der Waals surface area contributed by atoms with Gasteiger partial charge in [0.1, 0.15) is 0 Å². The van der Waals surface area contributed by atoms with Crippen LogP contribution in [0.5, 0.6) is 0 Å². The SMILES string of the molecule is COC(=O)C#Cc1ccc(N)c(CO)c1. The molecule has 1 aromatic rings. The quantitative estimate of drug-likeness (QED) is 0.392. The summed E-state index contributed by atoms with van der Waals surface area (Å²) in [5.74, 6) is 4.29. The molecule has 0 fully saturated rings. The molecule has 3 N–H and O–H groups in total. The highest BCUT2D eigenvalue weighted by atomic mass is 16.5. The Labute approximate surface area is 87.7 Å². The van der Waals surface area contributed by atoms with Crippen molar-refractivity contribution in [2.45, 2.75) is 6.61 Å². The van der Waals surface area contributed by atoms with Gasteiger partial charge in [-0.1, -0.05) is 5.92 Å². The van der Waals surface area contributed by atoms with E-state index >= 15 is 0 Å². The first kappa shape index (κ1) is 11.1. The van der Waals surface area contributed by atoms with Gasteiger partial charge < -0.3 is 15.6 Å². The number of aliphatic hydroxyl groups is 1. The molecule has 0 aliphatic heterocycles. The maximum atomic E-state index is 10.7. The molecule has 0 bridgehead atoms. The Morgan fingerprint density at radius 3 is 2.93 bits per heavy atom. The summed E-state index contributed by atoms with van der Waals surface area (Å²) in [6.07, 6.45) is 0. The highest BCUT2D eigenvalue weighted by molar-refractivity contribution is 5.89. The first-order valence-corrected chi connectivity index (χ1v) is 4.26. The molecule has 0 aliphatic rings. The number of nitrogen functional groups attached to an aromatic ring is 1. The molecule has 1 rings (SSSR count). The van der Waals surface area contributed by atoms with Crippen molar-refractivity contribution in [1.82, 2.24) is 0 Å². The molecule has 15 heavy (non-hydrogen) atoms. The lowest BCUT2D eigenvalue weighted by Gasteiger charge is -2.01. The lowest BCUT2D eigenvalue weighted by atomic mass is 10.1. The Kier molecular flexibility index (Phi) is 3.72. The first-order valence-electron chi connectivity index (χ1n) is 4.26. The molecule has 0 heterocycles. The largest absolute Gasteiger partial charge is 0.459 e. The van der Waals surface area contributed by atoms with Crippen molar-refractivity contribution in [3.05, 3.63) is 29.3 Å². The van der Waals surface area contributed by atoms with Gasteiger partial charge in [0.15, 0.2) is 0 Å². The zero-order chi connectivity index (χ0) is 11.3. The molecule has 0 unspecified atom stereocenters. The number of methoxy groups -OCH3 is 1. The summed E-state index contributed by atoms with van der Waals surface area (Å²) in [6.45, 7) is -0.153. The third kappa shape index (κ3) is 3.01. The minimum Gasteiger partial charge on any atom is -0.459 e. The normalized spacial score (nSPS) is 8.93. The Hall–Kier alpha value is -1.99. The fourth-order valence-corrected chi connectivity index (χ4v) is 0.995. The van der Waals surface area contributed by atoms with Crippen LogP contribution >= 0.6 is 0 Å². The number of ether oxygens (including phenoxy) is 1. The summed E-state index contributed by atoms with van der Waals surface area (Å²) in [4.78, 5) is 10.7. The van der Waals surface area contributed by atoms with E-state index < -0.39 is 5.97 Å². The Balaban J connectivity index is 2.95. The summed E-state index contributed by atoms with van der Waals surface area (Å²) in [5, 5.41) is 8.95. The molecule has 0 aromatic heterocycles. The number of nitrogens with two attached hydrogens (primary N) is 1. The predicted octanol–water partition coefficient (Wildman–Crippen LogP) is 0.286. The number of benzene rings is 1. The van der Waals surface area contributed by atoms with E-state index in [0.717, 1.165) is 0 Å². The van der Waals surface area contributed by atoms with Crippen LogP contribution in [0.4, 0.5) is 5.69 Å². The van der Waals surface area contributed by atoms with E-state index in [0.29, 0.717) is 16.8 Å². The van der Waals surface area contributed by atoms with Crippen LogP contribution < -0.4 is 5.73 Å². The highest BCUT2D eigenvalue weighted by Crippen LogP contribution is 2.13. The fraction of sp³-hybridized carbons (Fsp3) is 0.182. The van der Waals surface area contributed by atoms with Crippen LogP contribution in [-0.4, -0.2) is 18.2 Å². The smallest absolute Gasteiger partial charge is 0.384 e. The summed E-state index contributed by atoms with van der Waals surface area (Å²) in [6, 6.07) is 4.93. The number of rotatable bonds is 1. The maximum Gasteiger partial charge on any atom is 0.384 e. The van der Waals surface area contributed by atoms with Crippen LogP contribution in [0.3, 0.4) is 0 Å². The number of esters is 1. The lowest BCUT2D eigenvalue weighted by Crippen LogP contribution is -1.96. The molecule has 4 nitrogen and oxygen atoms in total. The molecular weight excluding hydrogens is 194 g/mol. The van der Waals surface area contributed by atoms with Gasteiger partial charge in [0, 0.05) is 22.7 Å². The summed E-state index contributed by atoms with van der Waals surface area (Å²) in [7, 11) is 1.26. The highest BCUT2D eigenvalue weighted by Gasteiger charge is 1.98. The number of carbonyl (C=O) groups is 1. The Bertz CT molecular complexity index is 429. The van der Waals surface area contributed by atoms with Crippen LogP contribution in [-0.2, 0) is 16.1 Å². The second-order valence-electron chi connectivity index (χ2n) is 2.81. The Morgan fingerprint density at radius 2 is 2.33 bits per heavy atom. The number of anilines is 1. The van der Waals surface area contributed by atoms with Gasteiger partial charge >= 0.3 is 5.97 Å². The van der Waals surface area contributed by atoms with E-state index in [-0.39, 0.29) is 6.61 Å². The molecule has 0 saturated carbocycles. The van der Waals surface area contributed by atoms with Crippen molar-refractivity contribution in [3.8, 4) is 11.8 Å². The van der Waals surface area contributed by atoms with E-state index in [1.807, 2.05) is 0 Å². The fourth-order valence-electron chi connectivity index (χ4n) is 0.995. The second-order valence-corrected chi connectivity index (χ2v) is 2.81. The molecule has 4 heteroatoms. The van der Waals surface area contributed by atoms with E-state index in [2.05, 4.69) is 16.6 Å². The van der Waals surface area contributed by atoms with Crippen molar-refractivity contribution in [3.63, 3.8) is 0 Å². The van der Waals surface area contributed by atoms with Crippen molar-refractivity contribution in [2.75, 3.05) is 12.8 Å². The summed E-state index contributed by atoms with van der Waals surface area (Å²) in [5.41, 5.74) is 7.28. The van der Waals surface area contributed by atoms with Crippen LogP contribution in [0, 0.1) is 11.8 Å².